The van der Waals surface area contributed by atoms with Gasteiger partial charge in [-0.25, -0.2) is 0 Å². The van der Waals surface area contributed by atoms with E-state index in [1.807, 2.05) is 6.92 Å². The average molecular weight is 269 g/mol. The lowest BCUT2D eigenvalue weighted by atomic mass is 9.81. The maximum absolute atomic E-state index is 12.1. The van der Waals surface area contributed by atoms with Crippen LogP contribution in [0.2, 0.25) is 0 Å². The van der Waals surface area contributed by atoms with Crippen LogP contribution in [0.5, 0.6) is 0 Å². The van der Waals surface area contributed by atoms with Crippen LogP contribution in [-0.2, 0) is 9.59 Å². The molecule has 0 aromatic heterocycles. The van der Waals surface area contributed by atoms with Gasteiger partial charge in [-0.15, -0.1) is 0 Å². The van der Waals surface area contributed by atoms with E-state index in [2.05, 4.69) is 5.32 Å². The van der Waals surface area contributed by atoms with E-state index in [-0.39, 0.29) is 17.7 Å². The van der Waals surface area contributed by atoms with Gasteiger partial charge >= 0.3 is 0 Å². The molecule has 0 aromatic carbocycles. The van der Waals surface area contributed by atoms with Crippen molar-refractivity contribution in [2.75, 3.05) is 20.1 Å². The fourth-order valence-electron chi connectivity index (χ4n) is 2.54. The first-order valence-corrected chi connectivity index (χ1v) is 7.25. The summed E-state index contributed by atoms with van der Waals surface area (Å²) in [6.45, 7) is 5.03. The number of nitrogens with two attached hydrogens (primary N) is 1. The molecule has 0 spiro atoms. The molecule has 1 aliphatic carbocycles. The van der Waals surface area contributed by atoms with E-state index in [1.54, 1.807) is 18.9 Å². The summed E-state index contributed by atoms with van der Waals surface area (Å²) in [5, 5.41) is 2.84. The quantitative estimate of drug-likeness (QED) is 0.773. The maximum Gasteiger partial charge on any atom is 0.244 e. The van der Waals surface area contributed by atoms with Crippen LogP contribution in [0.1, 0.15) is 39.5 Å². The second kappa shape index (κ2) is 7.48. The first-order chi connectivity index (χ1) is 8.99. The van der Waals surface area contributed by atoms with E-state index in [4.69, 9.17) is 5.73 Å². The maximum atomic E-state index is 12.1. The molecule has 0 aliphatic heterocycles. The summed E-state index contributed by atoms with van der Waals surface area (Å²) >= 11 is 0. The molecule has 0 heterocycles. The second-order valence-electron chi connectivity index (χ2n) is 5.54. The lowest BCUT2D eigenvalue weighted by molar-refractivity contribution is -0.136. The van der Waals surface area contributed by atoms with Crippen LogP contribution >= 0.6 is 0 Å². The van der Waals surface area contributed by atoms with Crippen LogP contribution in [0.25, 0.3) is 0 Å². The van der Waals surface area contributed by atoms with E-state index in [0.29, 0.717) is 19.0 Å². The van der Waals surface area contributed by atoms with Gasteiger partial charge in [-0.3, -0.25) is 9.59 Å². The molecule has 19 heavy (non-hydrogen) atoms. The highest BCUT2D eigenvalue weighted by Gasteiger charge is 2.28. The van der Waals surface area contributed by atoms with Crippen molar-refractivity contribution < 1.29 is 9.59 Å². The number of carbonyl (C=O) groups is 2. The zero-order valence-electron chi connectivity index (χ0n) is 12.3. The third-order valence-corrected chi connectivity index (χ3v) is 4.13. The molecule has 3 N–H and O–H groups in total. The minimum atomic E-state index is -0.440. The van der Waals surface area contributed by atoms with Crippen LogP contribution in [0, 0.1) is 11.8 Å². The summed E-state index contributed by atoms with van der Waals surface area (Å²) < 4.78 is 0. The van der Waals surface area contributed by atoms with Crippen LogP contribution in [0.4, 0.5) is 0 Å². The third-order valence-electron chi connectivity index (χ3n) is 4.13. The fraction of sp³-hybridized carbons (Fsp3) is 0.857. The molecular formula is C14H27N3O2. The molecule has 0 bridgehead atoms. The van der Waals surface area contributed by atoms with Crippen molar-refractivity contribution >= 4 is 11.8 Å². The monoisotopic (exact) mass is 269 g/mol. The Bertz CT molecular complexity index is 312. The molecule has 2 amide bonds. The first kappa shape index (κ1) is 16.0. The molecule has 1 saturated carbocycles. The number of nitrogens with zero attached hydrogens (tertiary/aromatic N) is 1. The molecule has 1 atom stereocenters. The standard InChI is InChI=1S/C14H27N3O2/c1-4-17(3)14(19)10(2)16-13(18)12-7-5-11(9-15)6-8-12/h10-12H,4-9,15H2,1-3H3,(H,16,18). The Kier molecular flexibility index (Phi) is 6.28. The van der Waals surface area contributed by atoms with Crippen LogP contribution < -0.4 is 11.1 Å². The summed E-state index contributed by atoms with van der Waals surface area (Å²) in [5.41, 5.74) is 5.64. The molecule has 0 radical (unpaired) electrons. The number of hydrogen-bond donors (Lipinski definition) is 2. The summed E-state index contributed by atoms with van der Waals surface area (Å²) in [4.78, 5) is 25.6. The predicted molar refractivity (Wildman–Crippen MR) is 75.4 cm³/mol. The molecule has 0 saturated heterocycles. The van der Waals surface area contributed by atoms with Crippen molar-refractivity contribution in [3.8, 4) is 0 Å². The van der Waals surface area contributed by atoms with Gasteiger partial charge in [0.2, 0.25) is 11.8 Å². The van der Waals surface area contributed by atoms with Gasteiger partial charge in [0.15, 0.2) is 0 Å². The lowest BCUT2D eigenvalue weighted by Crippen LogP contribution is -2.47. The van der Waals surface area contributed by atoms with E-state index in [9.17, 15) is 9.59 Å². The number of nitrogens with one attached hydrogen (secondary N) is 1. The van der Waals surface area contributed by atoms with Crippen molar-refractivity contribution in [3.63, 3.8) is 0 Å². The molecule has 1 aliphatic rings. The van der Waals surface area contributed by atoms with Crippen LogP contribution in [0.3, 0.4) is 0 Å². The smallest absolute Gasteiger partial charge is 0.244 e. The van der Waals surface area contributed by atoms with E-state index in [0.717, 1.165) is 25.7 Å². The van der Waals surface area contributed by atoms with Gasteiger partial charge in [0.25, 0.3) is 0 Å². The fourth-order valence-corrected chi connectivity index (χ4v) is 2.54. The normalized spacial score (nSPS) is 24.6. The summed E-state index contributed by atoms with van der Waals surface area (Å²) in [6, 6.07) is -0.440. The second-order valence-corrected chi connectivity index (χ2v) is 5.54. The predicted octanol–water partition coefficient (Wildman–Crippen LogP) is 0.735. The lowest BCUT2D eigenvalue weighted by Gasteiger charge is -2.28. The van der Waals surface area contributed by atoms with Crippen molar-refractivity contribution in [3.05, 3.63) is 0 Å². The topological polar surface area (TPSA) is 75.4 Å². The SMILES string of the molecule is CCN(C)C(=O)C(C)NC(=O)C1CCC(CN)CC1. The minimum absolute atomic E-state index is 0.0147. The van der Waals surface area contributed by atoms with Gasteiger partial charge in [0.05, 0.1) is 0 Å². The zero-order chi connectivity index (χ0) is 14.4. The highest BCUT2D eigenvalue weighted by molar-refractivity contribution is 5.88. The first-order valence-electron chi connectivity index (χ1n) is 7.25. The number of carbonyl (C=O) groups excluding carboxylic acids is 2. The number of rotatable bonds is 5. The van der Waals surface area contributed by atoms with E-state index >= 15 is 0 Å². The number of amides is 2. The number of hydrogen-bond acceptors (Lipinski definition) is 3. The highest BCUT2D eigenvalue weighted by Crippen LogP contribution is 2.28. The molecule has 1 fully saturated rings. The van der Waals surface area contributed by atoms with Crippen molar-refractivity contribution in [2.45, 2.75) is 45.6 Å². The van der Waals surface area contributed by atoms with Gasteiger partial charge in [-0.1, -0.05) is 0 Å². The summed E-state index contributed by atoms with van der Waals surface area (Å²) in [6.07, 6.45) is 3.81. The minimum Gasteiger partial charge on any atom is -0.344 e. The Hall–Kier alpha value is -1.10. The number of likely N-dealkylation sites (N-methyl/N-ethyl adjacent to an activating group) is 1. The zero-order valence-corrected chi connectivity index (χ0v) is 12.3. The van der Waals surface area contributed by atoms with Crippen LogP contribution in [-0.4, -0.2) is 42.9 Å². The molecule has 5 nitrogen and oxygen atoms in total. The van der Waals surface area contributed by atoms with Crippen molar-refractivity contribution in [1.29, 1.82) is 0 Å². The van der Waals surface area contributed by atoms with Crippen molar-refractivity contribution in [2.24, 2.45) is 17.6 Å². The van der Waals surface area contributed by atoms with Gasteiger partial charge in [0, 0.05) is 19.5 Å². The molecule has 5 heteroatoms. The van der Waals surface area contributed by atoms with Crippen molar-refractivity contribution in [1.82, 2.24) is 10.2 Å². The van der Waals surface area contributed by atoms with Gasteiger partial charge < -0.3 is 16.0 Å². The summed E-state index contributed by atoms with van der Waals surface area (Å²) in [7, 11) is 1.75. The Morgan fingerprint density at radius 3 is 2.37 bits per heavy atom. The van der Waals surface area contributed by atoms with Gasteiger partial charge in [0.1, 0.15) is 6.04 Å². The Morgan fingerprint density at radius 1 is 1.32 bits per heavy atom. The van der Waals surface area contributed by atoms with Gasteiger partial charge in [-0.2, -0.15) is 0 Å². The molecular weight excluding hydrogens is 242 g/mol. The largest absolute Gasteiger partial charge is 0.344 e. The Balaban J connectivity index is 2.41. The molecule has 1 unspecified atom stereocenters. The molecule has 110 valence electrons. The Labute approximate surface area is 115 Å². The summed E-state index contributed by atoms with van der Waals surface area (Å²) in [5.74, 6) is 0.589. The highest BCUT2D eigenvalue weighted by atomic mass is 16.2. The van der Waals surface area contributed by atoms with Crippen LogP contribution in [0.15, 0.2) is 0 Å². The van der Waals surface area contributed by atoms with E-state index < -0.39 is 6.04 Å². The Morgan fingerprint density at radius 2 is 1.89 bits per heavy atom. The molecule has 1 rings (SSSR count). The average Bonchev–Trinajstić information content (AvgIpc) is 2.45. The third kappa shape index (κ3) is 4.49. The molecule has 0 aromatic rings. The van der Waals surface area contributed by atoms with Gasteiger partial charge in [-0.05, 0) is 52.0 Å². The van der Waals surface area contributed by atoms with E-state index in [1.165, 1.54) is 0 Å².